The van der Waals surface area contributed by atoms with Crippen LogP contribution >= 0.6 is 0 Å². The molecule has 13 heavy (non-hydrogen) atoms. The van der Waals surface area contributed by atoms with Crippen molar-refractivity contribution < 1.29 is 19.1 Å². The van der Waals surface area contributed by atoms with Gasteiger partial charge < -0.3 is 4.74 Å². The van der Waals surface area contributed by atoms with E-state index in [2.05, 4.69) is 4.74 Å². The molecule has 0 amide bonds. The molecule has 0 radical (unpaired) electrons. The summed E-state index contributed by atoms with van der Waals surface area (Å²) in [4.78, 5) is 32.1. The molecule has 0 rings (SSSR count). The average Bonchev–Trinajstić information content (AvgIpc) is 2.04. The smallest absolute Gasteiger partial charge is 0.198 e. The van der Waals surface area contributed by atoms with Gasteiger partial charge in [-0.1, -0.05) is 0 Å². The van der Waals surface area contributed by atoms with E-state index in [-0.39, 0.29) is 18.8 Å². The number of rotatable bonds is 7. The minimum absolute atomic E-state index is 0.0427. The molecule has 0 aromatic rings. The third-order valence-corrected chi connectivity index (χ3v) is 1.56. The van der Waals surface area contributed by atoms with E-state index in [0.29, 0.717) is 12.8 Å². The third kappa shape index (κ3) is 6.16. The minimum atomic E-state index is -0.445. The number of ketones is 3. The topological polar surface area (TPSA) is 60.4 Å². The summed E-state index contributed by atoms with van der Waals surface area (Å²) in [5, 5.41) is 0. The zero-order chi connectivity index (χ0) is 10.3. The average molecular weight is 186 g/mol. The minimum Gasteiger partial charge on any atom is -0.377 e. The van der Waals surface area contributed by atoms with E-state index in [4.69, 9.17) is 0 Å². The summed E-state index contributed by atoms with van der Waals surface area (Å²) in [7, 11) is 1.44. The molecule has 0 aliphatic heterocycles. The summed E-state index contributed by atoms with van der Waals surface area (Å²) in [6, 6.07) is 0. The van der Waals surface area contributed by atoms with E-state index < -0.39 is 11.6 Å². The molecule has 0 aliphatic carbocycles. The lowest BCUT2D eigenvalue weighted by Gasteiger charge is -1.97. The summed E-state index contributed by atoms with van der Waals surface area (Å²) in [6.45, 7) is 1.31. The highest BCUT2D eigenvalue weighted by Gasteiger charge is 2.08. The predicted octanol–water partition coefficient (Wildman–Crippen LogP) is 0.530. The fourth-order valence-corrected chi connectivity index (χ4v) is 0.855. The molecule has 4 heteroatoms. The summed E-state index contributed by atoms with van der Waals surface area (Å²) >= 11 is 0. The Labute approximate surface area is 77.3 Å². The summed E-state index contributed by atoms with van der Waals surface area (Å²) in [5.74, 6) is -0.900. The van der Waals surface area contributed by atoms with Crippen LogP contribution in [-0.4, -0.2) is 31.1 Å². The number of methoxy groups -OCH3 is 1. The molecule has 0 bridgehead atoms. The predicted molar refractivity (Wildman–Crippen MR) is 46.4 cm³/mol. The van der Waals surface area contributed by atoms with Crippen LogP contribution < -0.4 is 0 Å². The molecule has 0 saturated heterocycles. The van der Waals surface area contributed by atoms with Gasteiger partial charge in [-0.3, -0.25) is 14.4 Å². The van der Waals surface area contributed by atoms with Crippen molar-refractivity contribution in [3.8, 4) is 0 Å². The van der Waals surface area contributed by atoms with Gasteiger partial charge in [-0.2, -0.15) is 0 Å². The Morgan fingerprint density at radius 3 is 2.23 bits per heavy atom. The van der Waals surface area contributed by atoms with Crippen molar-refractivity contribution in [2.24, 2.45) is 0 Å². The number of ether oxygens (including phenoxy) is 1. The van der Waals surface area contributed by atoms with Crippen LogP contribution in [0.25, 0.3) is 0 Å². The van der Waals surface area contributed by atoms with Crippen LogP contribution in [0, 0.1) is 0 Å². The van der Waals surface area contributed by atoms with Gasteiger partial charge in [-0.05, 0) is 6.42 Å². The van der Waals surface area contributed by atoms with Gasteiger partial charge in [0.2, 0.25) is 0 Å². The standard InChI is InChI=1S/C9H14O4/c1-7(10)9(12)5-3-4-8(11)6-13-2/h3-6H2,1-2H3. The molecule has 0 heterocycles. The lowest BCUT2D eigenvalue weighted by Crippen LogP contribution is -2.11. The van der Waals surface area contributed by atoms with Crippen molar-refractivity contribution >= 4 is 17.3 Å². The highest BCUT2D eigenvalue weighted by atomic mass is 16.5. The second kappa shape index (κ2) is 6.48. The van der Waals surface area contributed by atoms with E-state index in [9.17, 15) is 14.4 Å². The molecule has 0 N–H and O–H groups in total. The summed E-state index contributed by atoms with van der Waals surface area (Å²) < 4.78 is 4.61. The van der Waals surface area contributed by atoms with Crippen molar-refractivity contribution in [2.45, 2.75) is 26.2 Å². The first kappa shape index (κ1) is 12.0. The molecule has 4 nitrogen and oxygen atoms in total. The molecule has 0 aromatic heterocycles. The Bertz CT molecular complexity index is 208. The third-order valence-electron chi connectivity index (χ3n) is 1.56. The fraction of sp³-hybridized carbons (Fsp3) is 0.667. The second-order valence-electron chi connectivity index (χ2n) is 2.80. The van der Waals surface area contributed by atoms with Crippen LogP contribution in [0.4, 0.5) is 0 Å². The van der Waals surface area contributed by atoms with Crippen LogP contribution in [-0.2, 0) is 19.1 Å². The fourth-order valence-electron chi connectivity index (χ4n) is 0.855. The number of hydrogen-bond acceptors (Lipinski definition) is 4. The Hall–Kier alpha value is -1.03. The van der Waals surface area contributed by atoms with E-state index in [1.807, 2.05) is 0 Å². The summed E-state index contributed by atoms with van der Waals surface area (Å²) in [6.07, 6.45) is 0.887. The van der Waals surface area contributed by atoms with Gasteiger partial charge in [0.25, 0.3) is 0 Å². The highest BCUT2D eigenvalue weighted by Crippen LogP contribution is 1.98. The van der Waals surface area contributed by atoms with Gasteiger partial charge in [0.1, 0.15) is 6.61 Å². The molecule has 0 aromatic carbocycles. The molecular formula is C9H14O4. The molecule has 74 valence electrons. The Balaban J connectivity index is 3.50. The van der Waals surface area contributed by atoms with E-state index in [1.165, 1.54) is 14.0 Å². The van der Waals surface area contributed by atoms with Crippen molar-refractivity contribution in [1.82, 2.24) is 0 Å². The van der Waals surface area contributed by atoms with Crippen LogP contribution in [0.2, 0.25) is 0 Å². The Morgan fingerprint density at radius 2 is 1.77 bits per heavy atom. The van der Waals surface area contributed by atoms with Crippen LogP contribution in [0.3, 0.4) is 0 Å². The van der Waals surface area contributed by atoms with Gasteiger partial charge in [-0.25, -0.2) is 0 Å². The Morgan fingerprint density at radius 1 is 1.15 bits per heavy atom. The first-order valence-electron chi connectivity index (χ1n) is 4.12. The first-order valence-corrected chi connectivity index (χ1v) is 4.12. The molecule has 0 unspecified atom stereocenters. The number of carbonyl (C=O) groups excluding carboxylic acids is 3. The molecule has 0 aliphatic rings. The van der Waals surface area contributed by atoms with Gasteiger partial charge in [-0.15, -0.1) is 0 Å². The van der Waals surface area contributed by atoms with Crippen molar-refractivity contribution in [3.63, 3.8) is 0 Å². The van der Waals surface area contributed by atoms with Crippen molar-refractivity contribution in [3.05, 3.63) is 0 Å². The zero-order valence-electron chi connectivity index (χ0n) is 7.96. The number of Topliss-reactive ketones (excluding diaryl/α,β-unsaturated/α-hetero) is 3. The largest absolute Gasteiger partial charge is 0.377 e. The lowest BCUT2D eigenvalue weighted by atomic mass is 10.1. The van der Waals surface area contributed by atoms with Gasteiger partial charge in [0, 0.05) is 26.9 Å². The van der Waals surface area contributed by atoms with E-state index in [1.54, 1.807) is 0 Å². The van der Waals surface area contributed by atoms with E-state index in [0.717, 1.165) is 0 Å². The van der Waals surface area contributed by atoms with Crippen LogP contribution in [0.1, 0.15) is 26.2 Å². The van der Waals surface area contributed by atoms with Crippen LogP contribution in [0.5, 0.6) is 0 Å². The molecule has 0 spiro atoms. The lowest BCUT2D eigenvalue weighted by molar-refractivity contribution is -0.135. The van der Waals surface area contributed by atoms with Gasteiger partial charge >= 0.3 is 0 Å². The molecule has 0 saturated carbocycles. The SMILES string of the molecule is COCC(=O)CCCC(=O)C(C)=O. The quantitative estimate of drug-likeness (QED) is 0.544. The zero-order valence-corrected chi connectivity index (χ0v) is 7.96. The van der Waals surface area contributed by atoms with E-state index >= 15 is 0 Å². The number of carbonyl (C=O) groups is 3. The Kier molecular flexibility index (Phi) is 5.97. The maximum atomic E-state index is 10.9. The molecular weight excluding hydrogens is 172 g/mol. The van der Waals surface area contributed by atoms with Gasteiger partial charge in [0.05, 0.1) is 0 Å². The second-order valence-corrected chi connectivity index (χ2v) is 2.80. The normalized spacial score (nSPS) is 9.69. The summed E-state index contributed by atoms with van der Waals surface area (Å²) in [5.41, 5.74) is 0. The highest BCUT2D eigenvalue weighted by molar-refractivity contribution is 6.36. The first-order chi connectivity index (χ1) is 6.07. The number of hydrogen-bond donors (Lipinski definition) is 0. The maximum absolute atomic E-state index is 10.9. The van der Waals surface area contributed by atoms with Gasteiger partial charge in [0.15, 0.2) is 17.3 Å². The van der Waals surface area contributed by atoms with Crippen molar-refractivity contribution in [2.75, 3.05) is 13.7 Å². The molecule has 0 atom stereocenters. The van der Waals surface area contributed by atoms with Crippen molar-refractivity contribution in [1.29, 1.82) is 0 Å². The monoisotopic (exact) mass is 186 g/mol. The maximum Gasteiger partial charge on any atom is 0.198 e. The van der Waals surface area contributed by atoms with Crippen LogP contribution in [0.15, 0.2) is 0 Å². The molecule has 0 fully saturated rings.